The highest BCUT2D eigenvalue weighted by Gasteiger charge is 2.11. The smallest absolute Gasteiger partial charge is 0.270 e. The minimum absolute atomic E-state index is 0.218. The number of rotatable bonds is 4. The number of nitrogens with zero attached hydrogens (tertiary/aromatic N) is 2. The van der Waals surface area contributed by atoms with Crippen molar-refractivity contribution in [3.05, 3.63) is 58.9 Å². The number of carbonyl (C=O) groups excluding carboxylic acids is 1. The van der Waals surface area contributed by atoms with Gasteiger partial charge in [-0.1, -0.05) is 23.7 Å². The molecule has 1 saturated heterocycles. The Kier molecular flexibility index (Phi) is 5.41. The fourth-order valence-electron chi connectivity index (χ4n) is 2.45. The zero-order chi connectivity index (χ0) is 16.1. The Morgan fingerprint density at radius 3 is 2.65 bits per heavy atom. The number of amides is 1. The molecule has 4 nitrogen and oxygen atoms in total. The van der Waals surface area contributed by atoms with Crippen LogP contribution in [0.1, 0.15) is 16.1 Å². The van der Waals surface area contributed by atoms with Gasteiger partial charge in [-0.2, -0.15) is 11.8 Å². The first-order chi connectivity index (χ1) is 11.2. The van der Waals surface area contributed by atoms with Gasteiger partial charge in [-0.25, -0.2) is 0 Å². The molecule has 1 fully saturated rings. The number of anilines is 1. The van der Waals surface area contributed by atoms with Gasteiger partial charge in [0, 0.05) is 48.0 Å². The number of halogens is 1. The van der Waals surface area contributed by atoms with Gasteiger partial charge >= 0.3 is 0 Å². The molecule has 0 radical (unpaired) electrons. The molecule has 1 N–H and O–H groups in total. The maximum Gasteiger partial charge on any atom is 0.270 e. The molecule has 120 valence electrons. The lowest BCUT2D eigenvalue weighted by Gasteiger charge is -2.28. The van der Waals surface area contributed by atoms with Crippen molar-refractivity contribution in [1.29, 1.82) is 0 Å². The van der Waals surface area contributed by atoms with Crippen molar-refractivity contribution in [3.63, 3.8) is 0 Å². The van der Waals surface area contributed by atoms with Gasteiger partial charge in [-0.15, -0.1) is 0 Å². The third-order valence-electron chi connectivity index (χ3n) is 3.72. The highest BCUT2D eigenvalue weighted by molar-refractivity contribution is 7.99. The summed E-state index contributed by atoms with van der Waals surface area (Å²) in [5.41, 5.74) is 2.65. The average molecular weight is 348 g/mol. The second-order valence-electron chi connectivity index (χ2n) is 5.31. The van der Waals surface area contributed by atoms with Gasteiger partial charge in [0.2, 0.25) is 0 Å². The van der Waals surface area contributed by atoms with E-state index >= 15 is 0 Å². The minimum Gasteiger partial charge on any atom is -0.370 e. The monoisotopic (exact) mass is 347 g/mol. The van der Waals surface area contributed by atoms with E-state index < -0.39 is 0 Å². The molecule has 1 aromatic carbocycles. The van der Waals surface area contributed by atoms with E-state index in [1.165, 1.54) is 23.4 Å². The van der Waals surface area contributed by atoms with Gasteiger partial charge in [0.1, 0.15) is 5.69 Å². The topological polar surface area (TPSA) is 45.2 Å². The molecule has 23 heavy (non-hydrogen) atoms. The van der Waals surface area contributed by atoms with Crippen LogP contribution in [0.2, 0.25) is 5.02 Å². The number of thioether (sulfide) groups is 1. The summed E-state index contributed by atoms with van der Waals surface area (Å²) in [5, 5.41) is 3.37. The van der Waals surface area contributed by atoms with Crippen LogP contribution in [0.25, 0.3) is 0 Å². The van der Waals surface area contributed by atoms with Gasteiger partial charge < -0.3 is 10.2 Å². The molecule has 2 heterocycles. The summed E-state index contributed by atoms with van der Waals surface area (Å²) in [7, 11) is 0. The van der Waals surface area contributed by atoms with Crippen LogP contribution in [-0.2, 0) is 6.54 Å². The number of benzene rings is 1. The fourth-order valence-corrected chi connectivity index (χ4v) is 3.51. The van der Waals surface area contributed by atoms with E-state index in [4.69, 9.17) is 11.6 Å². The van der Waals surface area contributed by atoms with Crippen molar-refractivity contribution in [1.82, 2.24) is 10.3 Å². The Balaban J connectivity index is 1.57. The SMILES string of the molecule is O=C(NCc1ccc(N2CCSCC2)cc1)c1cc(Cl)ccn1. The first-order valence-electron chi connectivity index (χ1n) is 7.54. The second-order valence-corrected chi connectivity index (χ2v) is 6.97. The van der Waals surface area contributed by atoms with Gasteiger partial charge in [0.15, 0.2) is 0 Å². The Hall–Kier alpha value is -1.72. The summed E-state index contributed by atoms with van der Waals surface area (Å²) >= 11 is 7.87. The van der Waals surface area contributed by atoms with Crippen LogP contribution < -0.4 is 10.2 Å². The van der Waals surface area contributed by atoms with E-state index in [2.05, 4.69) is 39.5 Å². The lowest BCUT2D eigenvalue weighted by molar-refractivity contribution is 0.0946. The number of nitrogens with one attached hydrogen (secondary N) is 1. The van der Waals surface area contributed by atoms with E-state index in [-0.39, 0.29) is 5.91 Å². The Bertz CT molecular complexity index is 672. The van der Waals surface area contributed by atoms with E-state index in [0.717, 1.165) is 18.7 Å². The second kappa shape index (κ2) is 7.70. The molecule has 1 amide bonds. The molecule has 0 atom stereocenters. The third kappa shape index (κ3) is 4.39. The number of hydrogen-bond donors (Lipinski definition) is 1. The van der Waals surface area contributed by atoms with E-state index in [0.29, 0.717) is 17.3 Å². The molecule has 1 aromatic heterocycles. The molecule has 6 heteroatoms. The third-order valence-corrected chi connectivity index (χ3v) is 4.90. The van der Waals surface area contributed by atoms with Crippen molar-refractivity contribution in [3.8, 4) is 0 Å². The largest absolute Gasteiger partial charge is 0.370 e. The number of pyridine rings is 1. The van der Waals surface area contributed by atoms with Crippen molar-refractivity contribution in [2.24, 2.45) is 0 Å². The Labute approximate surface area is 145 Å². The summed E-state index contributed by atoms with van der Waals surface area (Å²) in [6.45, 7) is 2.67. The maximum absolute atomic E-state index is 12.0. The summed E-state index contributed by atoms with van der Waals surface area (Å²) in [5.74, 6) is 2.15. The molecular weight excluding hydrogens is 330 g/mol. The summed E-state index contributed by atoms with van der Waals surface area (Å²) in [6.07, 6.45) is 1.53. The summed E-state index contributed by atoms with van der Waals surface area (Å²) < 4.78 is 0. The molecule has 0 spiro atoms. The van der Waals surface area contributed by atoms with Crippen molar-refractivity contribution < 1.29 is 4.79 Å². The highest BCUT2D eigenvalue weighted by Crippen LogP contribution is 2.19. The van der Waals surface area contributed by atoms with Crippen molar-refractivity contribution in [2.45, 2.75) is 6.54 Å². The van der Waals surface area contributed by atoms with Crippen molar-refractivity contribution in [2.75, 3.05) is 29.5 Å². The van der Waals surface area contributed by atoms with Crippen LogP contribution in [0.4, 0.5) is 5.69 Å². The molecule has 0 aliphatic carbocycles. The normalized spacial score (nSPS) is 14.6. The van der Waals surface area contributed by atoms with Crippen LogP contribution in [0, 0.1) is 0 Å². The molecule has 2 aromatic rings. The summed E-state index contributed by atoms with van der Waals surface area (Å²) in [6, 6.07) is 11.6. The molecule has 3 rings (SSSR count). The van der Waals surface area contributed by atoms with Gasteiger partial charge in [-0.05, 0) is 29.8 Å². The average Bonchev–Trinajstić information content (AvgIpc) is 2.61. The number of hydrogen-bond acceptors (Lipinski definition) is 4. The molecule has 0 saturated carbocycles. The van der Waals surface area contributed by atoms with Gasteiger partial charge in [0.25, 0.3) is 5.91 Å². The molecule has 0 unspecified atom stereocenters. The Morgan fingerprint density at radius 1 is 1.22 bits per heavy atom. The summed E-state index contributed by atoms with van der Waals surface area (Å²) in [4.78, 5) is 18.5. The van der Waals surface area contributed by atoms with Crippen LogP contribution in [0.5, 0.6) is 0 Å². The lowest BCUT2D eigenvalue weighted by Crippen LogP contribution is -2.32. The quantitative estimate of drug-likeness (QED) is 0.922. The zero-order valence-corrected chi connectivity index (χ0v) is 14.2. The first kappa shape index (κ1) is 16.1. The molecule has 1 aliphatic rings. The van der Waals surface area contributed by atoms with Crippen LogP contribution >= 0.6 is 23.4 Å². The van der Waals surface area contributed by atoms with Crippen LogP contribution in [-0.4, -0.2) is 35.5 Å². The maximum atomic E-state index is 12.0. The zero-order valence-electron chi connectivity index (χ0n) is 12.7. The van der Waals surface area contributed by atoms with Gasteiger partial charge in [0.05, 0.1) is 0 Å². The fraction of sp³-hybridized carbons (Fsp3) is 0.294. The van der Waals surface area contributed by atoms with Crippen LogP contribution in [0.3, 0.4) is 0 Å². The minimum atomic E-state index is -0.218. The van der Waals surface area contributed by atoms with E-state index in [1.807, 2.05) is 11.8 Å². The van der Waals surface area contributed by atoms with Gasteiger partial charge in [-0.3, -0.25) is 9.78 Å². The lowest BCUT2D eigenvalue weighted by atomic mass is 10.2. The predicted molar refractivity (Wildman–Crippen MR) is 96.4 cm³/mol. The molecule has 0 bridgehead atoms. The predicted octanol–water partition coefficient (Wildman–Crippen LogP) is 3.22. The number of aromatic nitrogens is 1. The molecule has 1 aliphatic heterocycles. The Morgan fingerprint density at radius 2 is 1.96 bits per heavy atom. The van der Waals surface area contributed by atoms with E-state index in [9.17, 15) is 4.79 Å². The van der Waals surface area contributed by atoms with Crippen molar-refractivity contribution >= 4 is 35.0 Å². The molecular formula is C17H18ClN3OS. The first-order valence-corrected chi connectivity index (χ1v) is 9.07. The highest BCUT2D eigenvalue weighted by atomic mass is 35.5. The number of carbonyl (C=O) groups is 1. The van der Waals surface area contributed by atoms with Crippen LogP contribution in [0.15, 0.2) is 42.6 Å². The standard InChI is InChI=1S/C17H18ClN3OS/c18-14-5-6-19-16(11-14)17(22)20-12-13-1-3-15(4-2-13)21-7-9-23-10-8-21/h1-6,11H,7-10,12H2,(H,20,22). The van der Waals surface area contributed by atoms with E-state index in [1.54, 1.807) is 12.1 Å².